The van der Waals surface area contributed by atoms with Crippen LogP contribution in [-0.2, 0) is 4.79 Å². The van der Waals surface area contributed by atoms with Crippen LogP contribution in [0.3, 0.4) is 0 Å². The van der Waals surface area contributed by atoms with Crippen LogP contribution in [0.25, 0.3) is 0 Å². The van der Waals surface area contributed by atoms with Crippen molar-refractivity contribution < 1.29 is 57.5 Å². The summed E-state index contributed by atoms with van der Waals surface area (Å²) in [6, 6.07) is 0. The highest BCUT2D eigenvalue weighted by molar-refractivity contribution is 5.97. The van der Waals surface area contributed by atoms with Crippen molar-refractivity contribution in [3.05, 3.63) is 0 Å². The van der Waals surface area contributed by atoms with E-state index in [1.165, 1.54) is 0 Å². The van der Waals surface area contributed by atoms with Gasteiger partial charge in [-0.25, -0.2) is 26.3 Å². The average Bonchev–Trinajstić information content (AvgIpc) is 2.21. The average molecular weight is 330 g/mol. The van der Waals surface area contributed by atoms with Gasteiger partial charge in [-0.3, -0.25) is 4.79 Å². The monoisotopic (exact) mass is 330 g/mol. The molecule has 0 fully saturated rings. The van der Waals surface area contributed by atoms with E-state index >= 15 is 0 Å². The Morgan fingerprint density at radius 2 is 0.800 bits per heavy atom. The largest absolute Gasteiger partial charge is 0.435 e. The van der Waals surface area contributed by atoms with Crippen LogP contribution in [0.2, 0.25) is 0 Å². The molecule has 0 spiro atoms. The zero-order chi connectivity index (χ0) is 16.7. The van der Waals surface area contributed by atoms with Gasteiger partial charge in [-0.05, 0) is 0 Å². The van der Waals surface area contributed by atoms with Crippen molar-refractivity contribution in [2.75, 3.05) is 0 Å². The van der Waals surface area contributed by atoms with Gasteiger partial charge in [0.25, 0.3) is 12.9 Å². The molecule has 2 unspecified atom stereocenters. The molecule has 2 atom stereocenters. The highest BCUT2D eigenvalue weighted by Gasteiger charge is 2.80. The summed E-state index contributed by atoms with van der Waals surface area (Å²) in [5.41, 5.74) is -13.5. The highest BCUT2D eigenvalue weighted by atomic mass is 19.4. The maximum atomic E-state index is 12.9. The first kappa shape index (κ1) is 18.8. The fraction of sp³-hybridized carbons (Fsp3) is 0.857. The fourth-order valence-electron chi connectivity index (χ4n) is 0.968. The molecule has 0 bridgehead atoms. The summed E-state index contributed by atoms with van der Waals surface area (Å²) in [4.78, 5) is 10.5. The summed E-state index contributed by atoms with van der Waals surface area (Å²) >= 11 is 0. The smallest absolute Gasteiger partial charge is 0.291 e. The Morgan fingerprint density at radius 3 is 0.900 bits per heavy atom. The number of hydrogen-bond donors (Lipinski definition) is 0. The highest BCUT2D eigenvalue weighted by Crippen LogP contribution is 2.49. The fourth-order valence-corrected chi connectivity index (χ4v) is 0.968. The number of halogens is 12. The zero-order valence-corrected chi connectivity index (χ0v) is 8.60. The summed E-state index contributed by atoms with van der Waals surface area (Å²) in [5, 5.41) is 0. The van der Waals surface area contributed by atoms with Crippen molar-refractivity contribution in [3.63, 3.8) is 0 Å². The molecular formula is C7H2F12O. The van der Waals surface area contributed by atoms with Crippen LogP contribution in [-0.4, -0.2) is 42.3 Å². The van der Waals surface area contributed by atoms with Gasteiger partial charge in [0.05, 0.1) is 0 Å². The zero-order valence-electron chi connectivity index (χ0n) is 8.60. The minimum Gasteiger partial charge on any atom is -0.291 e. The lowest BCUT2D eigenvalue weighted by Crippen LogP contribution is -2.66. The SMILES string of the molecule is O=C(C(F)(C(F)F)C(F)(F)F)C(F)(C(F)F)C(F)(F)F. The molecule has 0 aromatic carbocycles. The van der Waals surface area contributed by atoms with Crippen molar-refractivity contribution in [2.45, 2.75) is 36.5 Å². The first-order chi connectivity index (χ1) is 8.54. The number of carbonyl (C=O) groups is 1. The predicted molar refractivity (Wildman–Crippen MR) is 36.8 cm³/mol. The molecule has 0 amide bonds. The molecule has 13 heteroatoms. The molecule has 0 aliphatic rings. The van der Waals surface area contributed by atoms with Crippen LogP contribution in [0, 0.1) is 0 Å². The molecule has 0 rings (SSSR count). The van der Waals surface area contributed by atoms with E-state index in [1.807, 2.05) is 0 Å². The number of alkyl halides is 12. The van der Waals surface area contributed by atoms with Gasteiger partial charge >= 0.3 is 23.7 Å². The summed E-state index contributed by atoms with van der Waals surface area (Å²) in [7, 11) is 0. The topological polar surface area (TPSA) is 17.1 Å². The number of hydrogen-bond acceptors (Lipinski definition) is 1. The Labute approximate surface area is 101 Å². The third-order valence-electron chi connectivity index (χ3n) is 2.09. The van der Waals surface area contributed by atoms with Crippen molar-refractivity contribution in [1.29, 1.82) is 0 Å². The molecule has 20 heavy (non-hydrogen) atoms. The summed E-state index contributed by atoms with van der Waals surface area (Å²) in [5.74, 6) is -4.66. The van der Waals surface area contributed by atoms with Gasteiger partial charge in [0.1, 0.15) is 0 Å². The Morgan fingerprint density at radius 1 is 0.600 bits per heavy atom. The lowest BCUT2D eigenvalue weighted by molar-refractivity contribution is -0.291. The first-order valence-electron chi connectivity index (χ1n) is 4.17. The minimum atomic E-state index is -7.03. The lowest BCUT2D eigenvalue weighted by Gasteiger charge is -2.33. The standard InChI is InChI=1S/C7H2F12O/c8-2(9)4(12,6(14,15)16)1(20)5(13,3(10)11)7(17,18)19/h2-3H. The van der Waals surface area contributed by atoms with Crippen molar-refractivity contribution in [3.8, 4) is 0 Å². The van der Waals surface area contributed by atoms with Gasteiger partial charge in [-0.15, -0.1) is 0 Å². The molecule has 0 N–H and O–H groups in total. The van der Waals surface area contributed by atoms with Crippen LogP contribution in [0.4, 0.5) is 52.7 Å². The number of carbonyl (C=O) groups excluding carboxylic acids is 1. The number of ketones is 1. The van der Waals surface area contributed by atoms with Gasteiger partial charge in [-0.2, -0.15) is 26.3 Å². The van der Waals surface area contributed by atoms with Crippen LogP contribution in [0.5, 0.6) is 0 Å². The molecule has 1 nitrogen and oxygen atoms in total. The third kappa shape index (κ3) is 2.53. The Bertz CT molecular complexity index is 335. The van der Waals surface area contributed by atoms with Gasteiger partial charge in [-0.1, -0.05) is 0 Å². The van der Waals surface area contributed by atoms with Crippen molar-refractivity contribution >= 4 is 5.78 Å². The Kier molecular flexibility index (Phi) is 4.69. The predicted octanol–water partition coefficient (Wildman–Crippen LogP) is 3.63. The molecule has 0 aromatic rings. The normalized spacial score (nSPS) is 19.9. The van der Waals surface area contributed by atoms with E-state index < -0.39 is 42.3 Å². The molecule has 0 aliphatic carbocycles. The van der Waals surface area contributed by atoms with E-state index in [9.17, 15) is 57.5 Å². The second kappa shape index (κ2) is 4.98. The maximum Gasteiger partial charge on any atom is 0.435 e. The second-order valence-corrected chi connectivity index (χ2v) is 3.35. The molecule has 120 valence electrons. The summed E-state index contributed by atoms with van der Waals surface area (Å²) in [6.07, 6.45) is -25.1. The minimum absolute atomic E-state index is 4.66. The number of rotatable bonds is 4. The maximum absolute atomic E-state index is 12.9. The van der Waals surface area contributed by atoms with E-state index in [0.717, 1.165) is 0 Å². The molecular weight excluding hydrogens is 328 g/mol. The van der Waals surface area contributed by atoms with E-state index in [0.29, 0.717) is 0 Å². The Balaban J connectivity index is 6.17. The van der Waals surface area contributed by atoms with E-state index in [-0.39, 0.29) is 0 Å². The molecule has 0 saturated carbocycles. The van der Waals surface area contributed by atoms with Gasteiger partial charge < -0.3 is 0 Å². The lowest BCUT2D eigenvalue weighted by atomic mass is 9.87. The third-order valence-corrected chi connectivity index (χ3v) is 2.09. The van der Waals surface area contributed by atoms with Gasteiger partial charge in [0.15, 0.2) is 0 Å². The number of Topliss-reactive ketones (excluding diaryl/α,β-unsaturated/α-hetero) is 1. The first-order valence-corrected chi connectivity index (χ1v) is 4.17. The second-order valence-electron chi connectivity index (χ2n) is 3.35. The van der Waals surface area contributed by atoms with Crippen molar-refractivity contribution in [1.82, 2.24) is 0 Å². The van der Waals surface area contributed by atoms with Crippen LogP contribution >= 0.6 is 0 Å². The summed E-state index contributed by atoms with van der Waals surface area (Å²) < 4.78 is 145. The van der Waals surface area contributed by atoms with Crippen molar-refractivity contribution in [2.24, 2.45) is 0 Å². The van der Waals surface area contributed by atoms with Crippen LogP contribution in [0.15, 0.2) is 0 Å². The summed E-state index contributed by atoms with van der Waals surface area (Å²) in [6.45, 7) is 0. The molecule has 0 aromatic heterocycles. The molecule has 0 heterocycles. The molecule has 0 radical (unpaired) electrons. The van der Waals surface area contributed by atoms with Gasteiger partial charge in [0, 0.05) is 0 Å². The quantitative estimate of drug-likeness (QED) is 0.720. The van der Waals surface area contributed by atoms with Crippen LogP contribution in [0.1, 0.15) is 0 Å². The molecule has 0 aliphatic heterocycles. The Hall–Kier alpha value is -1.17. The van der Waals surface area contributed by atoms with E-state index in [2.05, 4.69) is 0 Å². The van der Waals surface area contributed by atoms with Crippen LogP contribution < -0.4 is 0 Å². The van der Waals surface area contributed by atoms with E-state index in [4.69, 9.17) is 0 Å². The van der Waals surface area contributed by atoms with E-state index in [1.54, 1.807) is 0 Å². The van der Waals surface area contributed by atoms with Gasteiger partial charge in [0.2, 0.25) is 5.78 Å². The molecule has 0 saturated heterocycles.